The van der Waals surface area contributed by atoms with Crippen LogP contribution in [0.2, 0.25) is 0 Å². The zero-order valence-electron chi connectivity index (χ0n) is 11.1. The monoisotopic (exact) mass is 266 g/mol. The SMILES string of the molecule is Cc1cc(CN(C)C(=O)C2CCC(C(=O)O)C2)no1. The summed E-state index contributed by atoms with van der Waals surface area (Å²) < 4.78 is 4.95. The van der Waals surface area contributed by atoms with Crippen LogP contribution in [0.25, 0.3) is 0 Å². The molecule has 1 aliphatic rings. The van der Waals surface area contributed by atoms with Crippen molar-refractivity contribution in [1.29, 1.82) is 0 Å². The number of carbonyl (C=O) groups is 2. The Bertz CT molecular complexity index is 483. The Kier molecular flexibility index (Phi) is 3.87. The van der Waals surface area contributed by atoms with Crippen LogP contribution >= 0.6 is 0 Å². The highest BCUT2D eigenvalue weighted by Gasteiger charge is 2.35. The normalized spacial score (nSPS) is 22.4. The van der Waals surface area contributed by atoms with Crippen molar-refractivity contribution in [2.75, 3.05) is 7.05 Å². The summed E-state index contributed by atoms with van der Waals surface area (Å²) in [5, 5.41) is 12.8. The molecule has 1 amide bonds. The van der Waals surface area contributed by atoms with Crippen molar-refractivity contribution >= 4 is 11.9 Å². The number of aliphatic carboxylic acids is 1. The molecule has 0 radical (unpaired) electrons. The molecule has 0 aliphatic heterocycles. The smallest absolute Gasteiger partial charge is 0.306 e. The molecule has 0 aromatic carbocycles. The molecule has 0 bridgehead atoms. The van der Waals surface area contributed by atoms with E-state index in [4.69, 9.17) is 9.63 Å². The van der Waals surface area contributed by atoms with Crippen molar-refractivity contribution in [1.82, 2.24) is 10.1 Å². The molecule has 2 atom stereocenters. The Labute approximate surface area is 111 Å². The van der Waals surface area contributed by atoms with E-state index in [0.717, 1.165) is 0 Å². The summed E-state index contributed by atoms with van der Waals surface area (Å²) in [4.78, 5) is 24.7. The van der Waals surface area contributed by atoms with Crippen molar-refractivity contribution in [2.24, 2.45) is 11.8 Å². The predicted molar refractivity (Wildman–Crippen MR) is 66.2 cm³/mol. The molecule has 6 heteroatoms. The lowest BCUT2D eigenvalue weighted by Gasteiger charge is -2.19. The molecule has 1 fully saturated rings. The van der Waals surface area contributed by atoms with Crippen LogP contribution in [-0.4, -0.2) is 34.1 Å². The molecule has 1 saturated carbocycles. The standard InChI is InChI=1S/C13H18N2O4/c1-8-5-11(14-19-8)7-15(2)12(16)9-3-4-10(6-9)13(17)18/h5,9-10H,3-4,6-7H2,1-2H3,(H,17,18). The van der Waals surface area contributed by atoms with Crippen LogP contribution in [0.1, 0.15) is 30.7 Å². The van der Waals surface area contributed by atoms with E-state index in [1.165, 1.54) is 0 Å². The van der Waals surface area contributed by atoms with Crippen molar-refractivity contribution in [3.05, 3.63) is 17.5 Å². The molecule has 19 heavy (non-hydrogen) atoms. The fourth-order valence-corrected chi connectivity index (χ4v) is 2.56. The van der Waals surface area contributed by atoms with E-state index in [1.807, 2.05) is 0 Å². The van der Waals surface area contributed by atoms with Crippen LogP contribution < -0.4 is 0 Å². The second kappa shape index (κ2) is 5.42. The van der Waals surface area contributed by atoms with Gasteiger partial charge in [-0.25, -0.2) is 0 Å². The number of carboxylic acids is 1. The summed E-state index contributed by atoms with van der Waals surface area (Å²) in [6, 6.07) is 1.79. The third kappa shape index (κ3) is 3.13. The summed E-state index contributed by atoms with van der Waals surface area (Å²) in [7, 11) is 1.71. The number of aryl methyl sites for hydroxylation is 1. The van der Waals surface area contributed by atoms with E-state index in [2.05, 4.69) is 5.16 Å². The average Bonchev–Trinajstić information content (AvgIpc) is 2.97. The van der Waals surface area contributed by atoms with Crippen molar-refractivity contribution < 1.29 is 19.2 Å². The van der Waals surface area contributed by atoms with Crippen LogP contribution in [0, 0.1) is 18.8 Å². The molecular formula is C13H18N2O4. The van der Waals surface area contributed by atoms with Crippen molar-refractivity contribution in [2.45, 2.75) is 32.7 Å². The maximum absolute atomic E-state index is 12.2. The van der Waals surface area contributed by atoms with Gasteiger partial charge in [0.15, 0.2) is 0 Å². The fraction of sp³-hybridized carbons (Fsp3) is 0.615. The van der Waals surface area contributed by atoms with Gasteiger partial charge in [0.2, 0.25) is 5.91 Å². The van der Waals surface area contributed by atoms with Gasteiger partial charge in [0.25, 0.3) is 0 Å². The Balaban J connectivity index is 1.91. The molecule has 6 nitrogen and oxygen atoms in total. The minimum atomic E-state index is -0.801. The highest BCUT2D eigenvalue weighted by molar-refractivity contribution is 5.80. The molecule has 1 N–H and O–H groups in total. The molecule has 2 unspecified atom stereocenters. The highest BCUT2D eigenvalue weighted by Crippen LogP contribution is 2.32. The first-order valence-electron chi connectivity index (χ1n) is 6.37. The van der Waals surface area contributed by atoms with E-state index in [9.17, 15) is 9.59 Å². The number of carbonyl (C=O) groups excluding carboxylic acids is 1. The topological polar surface area (TPSA) is 83.6 Å². The summed E-state index contributed by atoms with van der Waals surface area (Å²) in [6.45, 7) is 2.19. The predicted octanol–water partition coefficient (Wildman–Crippen LogP) is 1.44. The molecule has 1 heterocycles. The quantitative estimate of drug-likeness (QED) is 0.891. The fourth-order valence-electron chi connectivity index (χ4n) is 2.56. The van der Waals surface area contributed by atoms with Gasteiger partial charge in [0.1, 0.15) is 11.5 Å². The van der Waals surface area contributed by atoms with E-state index >= 15 is 0 Å². The largest absolute Gasteiger partial charge is 0.481 e. The zero-order valence-corrected chi connectivity index (χ0v) is 11.1. The maximum atomic E-state index is 12.2. The van der Waals surface area contributed by atoms with Crippen molar-refractivity contribution in [3.63, 3.8) is 0 Å². The lowest BCUT2D eigenvalue weighted by atomic mass is 10.0. The van der Waals surface area contributed by atoms with Crippen LogP contribution in [0.3, 0.4) is 0 Å². The van der Waals surface area contributed by atoms with Gasteiger partial charge in [-0.1, -0.05) is 5.16 Å². The lowest BCUT2D eigenvalue weighted by Crippen LogP contribution is -2.31. The Morgan fingerprint density at radius 3 is 2.68 bits per heavy atom. The second-order valence-corrected chi connectivity index (χ2v) is 5.17. The molecule has 1 aromatic rings. The van der Waals surface area contributed by atoms with Crippen LogP contribution in [0.5, 0.6) is 0 Å². The molecule has 0 spiro atoms. The highest BCUT2D eigenvalue weighted by atomic mass is 16.5. The molecule has 2 rings (SSSR count). The number of rotatable bonds is 4. The summed E-state index contributed by atoms with van der Waals surface area (Å²) in [6.07, 6.45) is 1.68. The van der Waals surface area contributed by atoms with E-state index in [1.54, 1.807) is 24.9 Å². The first kappa shape index (κ1) is 13.6. The molecule has 1 aliphatic carbocycles. The number of hydrogen-bond donors (Lipinski definition) is 1. The zero-order chi connectivity index (χ0) is 14.0. The van der Waals surface area contributed by atoms with Gasteiger partial charge in [0.05, 0.1) is 12.5 Å². The number of nitrogens with zero attached hydrogens (tertiary/aromatic N) is 2. The van der Waals surface area contributed by atoms with Crippen molar-refractivity contribution in [3.8, 4) is 0 Å². The second-order valence-electron chi connectivity index (χ2n) is 5.17. The molecular weight excluding hydrogens is 248 g/mol. The Morgan fingerprint density at radius 1 is 1.47 bits per heavy atom. The summed E-state index contributed by atoms with van der Waals surface area (Å²) in [5.74, 6) is -0.659. The minimum Gasteiger partial charge on any atom is -0.481 e. The van der Waals surface area contributed by atoms with Crippen LogP contribution in [0.15, 0.2) is 10.6 Å². The van der Waals surface area contributed by atoms with Gasteiger partial charge >= 0.3 is 5.97 Å². The Morgan fingerprint density at radius 2 is 2.16 bits per heavy atom. The third-order valence-corrected chi connectivity index (χ3v) is 3.58. The third-order valence-electron chi connectivity index (χ3n) is 3.58. The number of hydrogen-bond acceptors (Lipinski definition) is 4. The van der Waals surface area contributed by atoms with Gasteiger partial charge in [-0.15, -0.1) is 0 Å². The van der Waals surface area contributed by atoms with Gasteiger partial charge in [-0.05, 0) is 26.2 Å². The summed E-state index contributed by atoms with van der Waals surface area (Å²) in [5.41, 5.74) is 0.709. The molecule has 1 aromatic heterocycles. The van der Waals surface area contributed by atoms with Gasteiger partial charge < -0.3 is 14.5 Å². The van der Waals surface area contributed by atoms with E-state index in [0.29, 0.717) is 37.3 Å². The van der Waals surface area contributed by atoms with Crippen LogP contribution in [-0.2, 0) is 16.1 Å². The number of carboxylic acid groups (broad SMARTS) is 1. The first-order chi connectivity index (χ1) is 8.97. The maximum Gasteiger partial charge on any atom is 0.306 e. The first-order valence-corrected chi connectivity index (χ1v) is 6.37. The van der Waals surface area contributed by atoms with Gasteiger partial charge in [-0.2, -0.15) is 0 Å². The number of amides is 1. The van der Waals surface area contributed by atoms with Gasteiger partial charge in [0, 0.05) is 19.0 Å². The van der Waals surface area contributed by atoms with Gasteiger partial charge in [-0.3, -0.25) is 9.59 Å². The van der Waals surface area contributed by atoms with E-state index in [-0.39, 0.29) is 17.7 Å². The van der Waals surface area contributed by atoms with E-state index < -0.39 is 5.97 Å². The summed E-state index contributed by atoms with van der Waals surface area (Å²) >= 11 is 0. The Hall–Kier alpha value is -1.85. The minimum absolute atomic E-state index is 0.00981. The van der Waals surface area contributed by atoms with Crippen LogP contribution in [0.4, 0.5) is 0 Å². The number of aromatic nitrogens is 1. The average molecular weight is 266 g/mol. The molecule has 104 valence electrons. The molecule has 0 saturated heterocycles. The lowest BCUT2D eigenvalue weighted by molar-refractivity contribution is -0.141.